The Morgan fingerprint density at radius 1 is 0.184 bits per heavy atom. The Balaban J connectivity index is 0.700. The number of anilines is 6. The lowest BCUT2D eigenvalue weighted by molar-refractivity contribution is 0.669. The molecular weight excluding hydrogens is 925 g/mol. The predicted molar refractivity (Wildman–Crippen MR) is 318 cm³/mol. The van der Waals surface area contributed by atoms with Crippen LogP contribution in [-0.2, 0) is 0 Å². The van der Waals surface area contributed by atoms with Crippen LogP contribution < -0.4 is 9.80 Å². The molecule has 0 N–H and O–H groups in total. The number of hydrogen-bond donors (Lipinski definition) is 0. The van der Waals surface area contributed by atoms with Crippen LogP contribution >= 0.6 is 0 Å². The molecule has 0 radical (unpaired) electrons. The molecular formula is C72H48N2O2. The highest BCUT2D eigenvalue weighted by atomic mass is 16.3. The molecule has 14 rings (SSSR count). The smallest absolute Gasteiger partial charge is 0.143 e. The maximum absolute atomic E-state index is 6.36. The Kier molecular flexibility index (Phi) is 11.2. The highest BCUT2D eigenvalue weighted by Gasteiger charge is 2.18. The summed E-state index contributed by atoms with van der Waals surface area (Å²) in [5.74, 6) is 0. The van der Waals surface area contributed by atoms with Gasteiger partial charge < -0.3 is 18.6 Å². The average Bonchev–Trinajstić information content (AvgIpc) is 4.10. The van der Waals surface area contributed by atoms with E-state index in [0.717, 1.165) is 134 Å². The van der Waals surface area contributed by atoms with Crippen LogP contribution in [0.15, 0.2) is 300 Å². The van der Waals surface area contributed by atoms with E-state index >= 15 is 0 Å². The molecule has 12 aromatic carbocycles. The molecule has 2 heterocycles. The van der Waals surface area contributed by atoms with Crippen molar-refractivity contribution in [2.75, 3.05) is 9.80 Å². The summed E-state index contributed by atoms with van der Waals surface area (Å²) in [5, 5.41) is 4.56. The van der Waals surface area contributed by atoms with Crippen LogP contribution in [0.5, 0.6) is 0 Å². The van der Waals surface area contributed by atoms with E-state index in [1.807, 2.05) is 24.3 Å². The van der Waals surface area contributed by atoms with Gasteiger partial charge in [0.1, 0.15) is 22.3 Å². The van der Waals surface area contributed by atoms with Crippen LogP contribution in [0, 0.1) is 0 Å². The number of fused-ring (bicyclic) bond motifs is 6. The van der Waals surface area contributed by atoms with Crippen LogP contribution in [-0.4, -0.2) is 0 Å². The van der Waals surface area contributed by atoms with E-state index in [1.54, 1.807) is 0 Å². The molecule has 0 aliphatic heterocycles. The van der Waals surface area contributed by atoms with E-state index in [4.69, 9.17) is 8.83 Å². The molecule has 4 heteroatoms. The largest absolute Gasteiger partial charge is 0.455 e. The molecule has 0 aliphatic rings. The van der Waals surface area contributed by atoms with Crippen molar-refractivity contribution in [3.8, 4) is 55.6 Å². The van der Waals surface area contributed by atoms with E-state index < -0.39 is 0 Å². The van der Waals surface area contributed by atoms with E-state index in [9.17, 15) is 0 Å². The fraction of sp³-hybridized carbons (Fsp3) is 0. The van der Waals surface area contributed by atoms with Crippen molar-refractivity contribution < 1.29 is 8.83 Å². The molecule has 4 nitrogen and oxygen atoms in total. The second-order valence-corrected chi connectivity index (χ2v) is 19.2. The number of benzene rings is 12. The molecule has 358 valence electrons. The highest BCUT2D eigenvalue weighted by molar-refractivity contribution is 6.10. The molecule has 2 aromatic heterocycles. The van der Waals surface area contributed by atoms with Gasteiger partial charge in [-0.3, -0.25) is 0 Å². The third kappa shape index (κ3) is 8.15. The first-order valence-corrected chi connectivity index (χ1v) is 25.8. The summed E-state index contributed by atoms with van der Waals surface area (Å²) in [6, 6.07) is 104. The second-order valence-electron chi connectivity index (χ2n) is 19.2. The quantitative estimate of drug-likeness (QED) is 0.129. The van der Waals surface area contributed by atoms with Crippen LogP contribution in [0.4, 0.5) is 34.1 Å². The molecule has 14 aromatic rings. The van der Waals surface area contributed by atoms with Crippen molar-refractivity contribution in [3.63, 3.8) is 0 Å². The van der Waals surface area contributed by atoms with Gasteiger partial charge in [-0.15, -0.1) is 0 Å². The van der Waals surface area contributed by atoms with Crippen molar-refractivity contribution in [2.24, 2.45) is 0 Å². The molecule has 0 unspecified atom stereocenters. The van der Waals surface area contributed by atoms with Crippen LogP contribution in [0.1, 0.15) is 0 Å². The van der Waals surface area contributed by atoms with E-state index in [-0.39, 0.29) is 0 Å². The van der Waals surface area contributed by atoms with Gasteiger partial charge in [-0.1, -0.05) is 206 Å². The summed E-state index contributed by atoms with van der Waals surface area (Å²) in [7, 11) is 0. The number of nitrogens with zero attached hydrogens (tertiary/aromatic N) is 2. The van der Waals surface area contributed by atoms with Gasteiger partial charge >= 0.3 is 0 Å². The zero-order valence-electron chi connectivity index (χ0n) is 41.4. The molecule has 76 heavy (non-hydrogen) atoms. The minimum Gasteiger partial charge on any atom is -0.455 e. The third-order valence-corrected chi connectivity index (χ3v) is 14.7. The lowest BCUT2D eigenvalue weighted by Crippen LogP contribution is -2.10. The monoisotopic (exact) mass is 972 g/mol. The van der Waals surface area contributed by atoms with Crippen molar-refractivity contribution in [1.82, 2.24) is 0 Å². The van der Waals surface area contributed by atoms with Gasteiger partial charge in [0.25, 0.3) is 0 Å². The van der Waals surface area contributed by atoms with Crippen molar-refractivity contribution in [3.05, 3.63) is 291 Å². The first kappa shape index (κ1) is 44.5. The number of rotatable bonds is 11. The Morgan fingerprint density at radius 2 is 0.434 bits per heavy atom. The SMILES string of the molecule is c1ccc(N(c2ccc(-c3ccc(-c4cccc5c4oc4ccccc45)cc3)cc2)c2ccc(-c3ccc(N(c4ccccc4)c4ccc(-c5ccc(-c6cccc7c6oc6ccccc67)cc5)cc4)cc3)cc2)cc1. The van der Waals surface area contributed by atoms with Crippen molar-refractivity contribution in [2.45, 2.75) is 0 Å². The van der Waals surface area contributed by atoms with E-state index in [1.165, 1.54) is 0 Å². The first-order valence-electron chi connectivity index (χ1n) is 25.8. The van der Waals surface area contributed by atoms with Crippen LogP contribution in [0.2, 0.25) is 0 Å². The molecule has 0 spiro atoms. The molecule has 0 saturated heterocycles. The summed E-state index contributed by atoms with van der Waals surface area (Å²) >= 11 is 0. The zero-order valence-corrected chi connectivity index (χ0v) is 41.4. The van der Waals surface area contributed by atoms with Crippen LogP contribution in [0.25, 0.3) is 99.5 Å². The summed E-state index contributed by atoms with van der Waals surface area (Å²) in [5.41, 5.74) is 21.6. The van der Waals surface area contributed by atoms with Gasteiger partial charge in [0, 0.05) is 66.8 Å². The summed E-state index contributed by atoms with van der Waals surface area (Å²) in [6.45, 7) is 0. The third-order valence-electron chi connectivity index (χ3n) is 14.7. The minimum absolute atomic E-state index is 0.910. The van der Waals surface area contributed by atoms with Gasteiger partial charge in [-0.2, -0.15) is 0 Å². The molecule has 0 amide bonds. The average molecular weight is 973 g/mol. The van der Waals surface area contributed by atoms with Gasteiger partial charge in [0.15, 0.2) is 0 Å². The topological polar surface area (TPSA) is 32.8 Å². The normalized spacial score (nSPS) is 11.4. The Morgan fingerprint density at radius 3 is 0.763 bits per heavy atom. The Bertz CT molecular complexity index is 4050. The molecule has 0 atom stereocenters. The Hall–Kier alpha value is -10.2. The molecule has 0 bridgehead atoms. The minimum atomic E-state index is 0.910. The van der Waals surface area contributed by atoms with Crippen molar-refractivity contribution in [1.29, 1.82) is 0 Å². The first-order chi connectivity index (χ1) is 37.7. The van der Waals surface area contributed by atoms with Crippen molar-refractivity contribution >= 4 is 78.0 Å². The fourth-order valence-electron chi connectivity index (χ4n) is 10.9. The molecule has 0 fully saturated rings. The number of furan rings is 2. The van der Waals surface area contributed by atoms with E-state index in [0.29, 0.717) is 0 Å². The lowest BCUT2D eigenvalue weighted by atomic mass is 9.98. The summed E-state index contributed by atoms with van der Waals surface area (Å²) in [6.07, 6.45) is 0. The highest BCUT2D eigenvalue weighted by Crippen LogP contribution is 2.42. The maximum Gasteiger partial charge on any atom is 0.143 e. The maximum atomic E-state index is 6.36. The lowest BCUT2D eigenvalue weighted by Gasteiger charge is -2.26. The fourth-order valence-corrected chi connectivity index (χ4v) is 10.9. The molecule has 0 saturated carbocycles. The summed E-state index contributed by atoms with van der Waals surface area (Å²) in [4.78, 5) is 4.63. The van der Waals surface area contributed by atoms with Gasteiger partial charge in [0.05, 0.1) is 0 Å². The number of hydrogen-bond acceptors (Lipinski definition) is 4. The van der Waals surface area contributed by atoms with Gasteiger partial charge in [0.2, 0.25) is 0 Å². The second kappa shape index (κ2) is 19.0. The predicted octanol–water partition coefficient (Wildman–Crippen LogP) is 20.8. The van der Waals surface area contributed by atoms with E-state index in [2.05, 4.69) is 277 Å². The Labute approximate surface area is 441 Å². The standard InChI is InChI=1S/C72H48N2O2/c1-3-13-57(14-4-1)73(59-41-33-51(34-42-59)49-25-29-55(30-26-49)63-19-11-21-67-65-17-7-9-23-69(65)75-71(63)67)61-45-37-53(38-46-61)54-39-47-62(48-40-54)74(58-15-5-2-6-16-58)60-43-35-52(36-44-60)50-27-31-56(32-28-50)64-20-12-22-68-66-18-8-10-24-70(66)76-72(64)68/h1-48H. The summed E-state index contributed by atoms with van der Waals surface area (Å²) < 4.78 is 12.7. The van der Waals surface area contributed by atoms with Crippen LogP contribution in [0.3, 0.4) is 0 Å². The van der Waals surface area contributed by atoms with Gasteiger partial charge in [-0.25, -0.2) is 0 Å². The molecule has 0 aliphatic carbocycles. The number of para-hydroxylation sites is 6. The zero-order chi connectivity index (χ0) is 50.4. The van der Waals surface area contributed by atoms with Gasteiger partial charge in [-0.05, 0) is 129 Å².